The largest absolute Gasteiger partial charge is 0.472 e. The molecule has 0 radical (unpaired) electrons. The van der Waals surface area contributed by atoms with Gasteiger partial charge in [-0.05, 0) is 30.7 Å². The van der Waals surface area contributed by atoms with E-state index in [0.717, 1.165) is 5.56 Å². The van der Waals surface area contributed by atoms with Gasteiger partial charge in [0.15, 0.2) is 0 Å². The molecule has 26 heavy (non-hydrogen) atoms. The number of nitrogens with one attached hydrogen (secondary N) is 2. The number of carbonyl (C=O) groups is 3. The van der Waals surface area contributed by atoms with Crippen LogP contribution in [-0.4, -0.2) is 42.0 Å². The second-order valence-corrected chi connectivity index (χ2v) is 5.93. The van der Waals surface area contributed by atoms with Crippen molar-refractivity contribution in [1.82, 2.24) is 10.2 Å². The molecule has 0 saturated carbocycles. The standard InChI is InChI=1S/C18H19N3O5/c1-12(19-17(23)14-5-7-25-11-14)16(22)20-15-4-2-3-13(9-15)10-21-6-8-26-18(21)24/h2-5,7,9,11-12H,6,8,10H2,1H3,(H,19,23)(H,20,22). The number of hydrogen-bond donors (Lipinski definition) is 2. The van der Waals surface area contributed by atoms with E-state index in [2.05, 4.69) is 10.6 Å². The number of ether oxygens (including phenoxy) is 1. The van der Waals surface area contributed by atoms with Crippen LogP contribution in [0.15, 0.2) is 47.3 Å². The number of hydrogen-bond acceptors (Lipinski definition) is 5. The Morgan fingerprint density at radius 2 is 2.15 bits per heavy atom. The maximum absolute atomic E-state index is 12.3. The Balaban J connectivity index is 1.57. The quantitative estimate of drug-likeness (QED) is 0.823. The molecule has 1 saturated heterocycles. The molecule has 1 unspecified atom stereocenters. The summed E-state index contributed by atoms with van der Waals surface area (Å²) in [5.41, 5.74) is 1.81. The molecule has 1 aliphatic rings. The van der Waals surface area contributed by atoms with E-state index >= 15 is 0 Å². The van der Waals surface area contributed by atoms with Crippen molar-refractivity contribution in [3.05, 3.63) is 54.0 Å². The summed E-state index contributed by atoms with van der Waals surface area (Å²) in [6.07, 6.45) is 2.36. The summed E-state index contributed by atoms with van der Waals surface area (Å²) >= 11 is 0. The number of anilines is 1. The van der Waals surface area contributed by atoms with Crippen LogP contribution in [0.5, 0.6) is 0 Å². The first-order valence-corrected chi connectivity index (χ1v) is 8.17. The van der Waals surface area contributed by atoms with Gasteiger partial charge >= 0.3 is 6.09 Å². The number of nitrogens with zero attached hydrogens (tertiary/aromatic N) is 1. The van der Waals surface area contributed by atoms with Crippen LogP contribution in [0.1, 0.15) is 22.8 Å². The van der Waals surface area contributed by atoms with Gasteiger partial charge in [0.05, 0.1) is 18.4 Å². The smallest absolute Gasteiger partial charge is 0.410 e. The highest BCUT2D eigenvalue weighted by Gasteiger charge is 2.22. The molecule has 1 atom stereocenters. The number of amides is 3. The molecule has 2 N–H and O–H groups in total. The molecule has 1 aromatic carbocycles. The minimum absolute atomic E-state index is 0.338. The third kappa shape index (κ3) is 4.21. The van der Waals surface area contributed by atoms with Gasteiger partial charge in [0, 0.05) is 12.2 Å². The van der Waals surface area contributed by atoms with Gasteiger partial charge in [-0.2, -0.15) is 0 Å². The monoisotopic (exact) mass is 357 g/mol. The third-order valence-corrected chi connectivity index (χ3v) is 3.94. The molecular weight excluding hydrogens is 338 g/mol. The summed E-state index contributed by atoms with van der Waals surface area (Å²) < 4.78 is 9.75. The summed E-state index contributed by atoms with van der Waals surface area (Å²) in [7, 11) is 0. The number of furan rings is 1. The zero-order chi connectivity index (χ0) is 18.5. The van der Waals surface area contributed by atoms with Crippen LogP contribution in [-0.2, 0) is 16.1 Å². The van der Waals surface area contributed by atoms with Crippen LogP contribution in [0.3, 0.4) is 0 Å². The lowest BCUT2D eigenvalue weighted by Gasteiger charge is -2.15. The zero-order valence-corrected chi connectivity index (χ0v) is 14.2. The van der Waals surface area contributed by atoms with Crippen molar-refractivity contribution in [2.24, 2.45) is 0 Å². The van der Waals surface area contributed by atoms with Crippen molar-refractivity contribution >= 4 is 23.6 Å². The van der Waals surface area contributed by atoms with Crippen LogP contribution in [0.4, 0.5) is 10.5 Å². The lowest BCUT2D eigenvalue weighted by atomic mass is 10.2. The third-order valence-electron chi connectivity index (χ3n) is 3.94. The van der Waals surface area contributed by atoms with E-state index in [4.69, 9.17) is 9.15 Å². The Labute approximate surface area is 150 Å². The molecule has 0 spiro atoms. The molecule has 3 rings (SSSR count). The predicted octanol–water partition coefficient (Wildman–Crippen LogP) is 1.99. The fourth-order valence-electron chi connectivity index (χ4n) is 2.53. The van der Waals surface area contributed by atoms with Gasteiger partial charge in [-0.3, -0.25) is 9.59 Å². The maximum Gasteiger partial charge on any atom is 0.410 e. The van der Waals surface area contributed by atoms with Gasteiger partial charge in [0.1, 0.15) is 18.9 Å². The first-order valence-electron chi connectivity index (χ1n) is 8.17. The lowest BCUT2D eigenvalue weighted by molar-refractivity contribution is -0.117. The molecule has 1 fully saturated rings. The second-order valence-electron chi connectivity index (χ2n) is 5.93. The van der Waals surface area contributed by atoms with E-state index in [1.165, 1.54) is 18.6 Å². The molecule has 8 heteroatoms. The van der Waals surface area contributed by atoms with Gasteiger partial charge in [0.25, 0.3) is 5.91 Å². The first-order chi connectivity index (χ1) is 12.5. The van der Waals surface area contributed by atoms with Gasteiger partial charge in [-0.1, -0.05) is 12.1 Å². The Morgan fingerprint density at radius 1 is 1.31 bits per heavy atom. The fourth-order valence-corrected chi connectivity index (χ4v) is 2.53. The van der Waals surface area contributed by atoms with Gasteiger partial charge in [-0.15, -0.1) is 0 Å². The fraction of sp³-hybridized carbons (Fsp3) is 0.278. The van der Waals surface area contributed by atoms with Crippen LogP contribution in [0.2, 0.25) is 0 Å². The van der Waals surface area contributed by atoms with Crippen molar-refractivity contribution < 1.29 is 23.5 Å². The molecule has 2 heterocycles. The summed E-state index contributed by atoms with van der Waals surface area (Å²) in [6.45, 7) is 2.95. The second kappa shape index (κ2) is 7.73. The predicted molar refractivity (Wildman–Crippen MR) is 92.5 cm³/mol. The van der Waals surface area contributed by atoms with Gasteiger partial charge in [0.2, 0.25) is 5.91 Å². The SMILES string of the molecule is CC(NC(=O)c1ccoc1)C(=O)Nc1cccc(CN2CCOC2=O)c1. The zero-order valence-electron chi connectivity index (χ0n) is 14.2. The highest BCUT2D eigenvalue weighted by atomic mass is 16.6. The first kappa shape index (κ1) is 17.5. The minimum atomic E-state index is -0.727. The average molecular weight is 357 g/mol. The minimum Gasteiger partial charge on any atom is -0.472 e. The molecular formula is C18H19N3O5. The molecule has 2 aromatic rings. The van der Waals surface area contributed by atoms with Crippen LogP contribution >= 0.6 is 0 Å². The molecule has 1 aromatic heterocycles. The van der Waals surface area contributed by atoms with Crippen LogP contribution in [0, 0.1) is 0 Å². The highest BCUT2D eigenvalue weighted by molar-refractivity contribution is 6.00. The summed E-state index contributed by atoms with van der Waals surface area (Å²) in [6, 6.07) is 7.98. The molecule has 136 valence electrons. The van der Waals surface area contributed by atoms with E-state index in [1.54, 1.807) is 30.0 Å². The number of rotatable bonds is 6. The Bertz CT molecular complexity index is 803. The Hall–Kier alpha value is -3.29. The molecule has 1 aliphatic heterocycles. The molecule has 3 amide bonds. The van der Waals surface area contributed by atoms with Gasteiger partial charge < -0.3 is 24.7 Å². The van der Waals surface area contributed by atoms with Crippen molar-refractivity contribution in [2.75, 3.05) is 18.5 Å². The van der Waals surface area contributed by atoms with Crippen molar-refractivity contribution in [1.29, 1.82) is 0 Å². The number of benzene rings is 1. The van der Waals surface area contributed by atoms with Gasteiger partial charge in [-0.25, -0.2) is 4.79 Å². The highest BCUT2D eigenvalue weighted by Crippen LogP contribution is 2.15. The van der Waals surface area contributed by atoms with Crippen molar-refractivity contribution in [2.45, 2.75) is 19.5 Å². The number of cyclic esters (lactones) is 1. The molecule has 0 aliphatic carbocycles. The lowest BCUT2D eigenvalue weighted by Crippen LogP contribution is -2.41. The Morgan fingerprint density at radius 3 is 2.85 bits per heavy atom. The summed E-state index contributed by atoms with van der Waals surface area (Å²) in [5.74, 6) is -0.734. The maximum atomic E-state index is 12.3. The molecule has 0 bridgehead atoms. The average Bonchev–Trinajstić information content (AvgIpc) is 3.28. The van der Waals surface area contributed by atoms with E-state index in [-0.39, 0.29) is 17.9 Å². The van der Waals surface area contributed by atoms with E-state index in [0.29, 0.717) is 30.9 Å². The van der Waals surface area contributed by atoms with Crippen molar-refractivity contribution in [3.8, 4) is 0 Å². The Kier molecular flexibility index (Phi) is 5.21. The molecule has 8 nitrogen and oxygen atoms in total. The summed E-state index contributed by atoms with van der Waals surface area (Å²) in [5, 5.41) is 5.36. The number of carbonyl (C=O) groups excluding carboxylic acids is 3. The summed E-state index contributed by atoms with van der Waals surface area (Å²) in [4.78, 5) is 37.4. The topological polar surface area (TPSA) is 101 Å². The van der Waals surface area contributed by atoms with E-state index in [1.807, 2.05) is 6.07 Å². The van der Waals surface area contributed by atoms with Crippen LogP contribution < -0.4 is 10.6 Å². The van der Waals surface area contributed by atoms with E-state index in [9.17, 15) is 14.4 Å². The van der Waals surface area contributed by atoms with Crippen molar-refractivity contribution in [3.63, 3.8) is 0 Å². The van der Waals surface area contributed by atoms with Crippen LogP contribution in [0.25, 0.3) is 0 Å². The normalized spacial score (nSPS) is 14.7. The van der Waals surface area contributed by atoms with E-state index < -0.39 is 6.04 Å².